The van der Waals surface area contributed by atoms with Crippen LogP contribution < -0.4 is 5.56 Å². The molecule has 1 aliphatic heterocycles. The number of aromatic amines is 1. The van der Waals surface area contributed by atoms with E-state index in [9.17, 15) is 9.59 Å². The topological polar surface area (TPSA) is 79.7 Å². The first-order valence-corrected chi connectivity index (χ1v) is 10.3. The highest BCUT2D eigenvalue weighted by Gasteiger charge is 2.28. The van der Waals surface area contributed by atoms with Crippen LogP contribution in [0.3, 0.4) is 0 Å². The summed E-state index contributed by atoms with van der Waals surface area (Å²) in [4.78, 5) is 30.0. The van der Waals surface area contributed by atoms with Crippen LogP contribution in [0, 0.1) is 0 Å². The van der Waals surface area contributed by atoms with Gasteiger partial charge in [0.15, 0.2) is 0 Å². The summed E-state index contributed by atoms with van der Waals surface area (Å²) in [6, 6.07) is 4.89. The van der Waals surface area contributed by atoms with Crippen molar-refractivity contribution in [2.45, 2.75) is 45.1 Å². The minimum absolute atomic E-state index is 0.127. The molecule has 29 heavy (non-hydrogen) atoms. The number of carbonyl (C=O) groups is 1. The SMILES string of the molecule is CC(C)(C)OC(=O)N1CCC(c2cc(=O)n3nc4cc(Cl)cc(Cl)c4c3[nH]2)CC1. The van der Waals surface area contributed by atoms with Crippen molar-refractivity contribution in [2.75, 3.05) is 13.1 Å². The quantitative estimate of drug-likeness (QED) is 0.604. The van der Waals surface area contributed by atoms with Gasteiger partial charge in [-0.1, -0.05) is 23.2 Å². The Labute approximate surface area is 177 Å². The predicted molar refractivity (Wildman–Crippen MR) is 113 cm³/mol. The van der Waals surface area contributed by atoms with E-state index in [1.165, 1.54) is 4.52 Å². The second-order valence-corrected chi connectivity index (χ2v) is 9.19. The first-order valence-electron chi connectivity index (χ1n) is 9.51. The molecule has 0 radical (unpaired) electrons. The number of carbonyl (C=O) groups excluding carboxylic acids is 1. The first-order chi connectivity index (χ1) is 13.6. The molecule has 0 unspecified atom stereocenters. The summed E-state index contributed by atoms with van der Waals surface area (Å²) >= 11 is 12.4. The molecular weight excluding hydrogens is 415 g/mol. The molecule has 4 rings (SSSR count). The van der Waals surface area contributed by atoms with Crippen LogP contribution in [0.4, 0.5) is 4.79 Å². The molecule has 3 heterocycles. The largest absolute Gasteiger partial charge is 0.444 e. The summed E-state index contributed by atoms with van der Waals surface area (Å²) in [5.74, 6) is 0.127. The molecule has 1 amide bonds. The molecule has 0 saturated carbocycles. The smallest absolute Gasteiger partial charge is 0.410 e. The lowest BCUT2D eigenvalue weighted by Gasteiger charge is -2.33. The van der Waals surface area contributed by atoms with Gasteiger partial charge in [0.1, 0.15) is 11.2 Å². The zero-order valence-corrected chi connectivity index (χ0v) is 18.0. The van der Waals surface area contributed by atoms with Gasteiger partial charge in [-0.3, -0.25) is 4.79 Å². The van der Waals surface area contributed by atoms with Crippen molar-refractivity contribution in [2.24, 2.45) is 0 Å². The van der Waals surface area contributed by atoms with Gasteiger partial charge in [0.25, 0.3) is 5.56 Å². The molecule has 0 spiro atoms. The van der Waals surface area contributed by atoms with E-state index in [-0.39, 0.29) is 17.6 Å². The van der Waals surface area contributed by atoms with Gasteiger partial charge in [0.05, 0.1) is 15.9 Å². The van der Waals surface area contributed by atoms with Gasteiger partial charge in [0.2, 0.25) is 0 Å². The molecule has 1 aromatic carbocycles. The zero-order chi connectivity index (χ0) is 20.9. The molecule has 3 aromatic rings. The Hall–Kier alpha value is -2.25. The number of hydrogen-bond donors (Lipinski definition) is 1. The van der Waals surface area contributed by atoms with Crippen LogP contribution in [0.5, 0.6) is 0 Å². The molecule has 1 saturated heterocycles. The molecule has 9 heteroatoms. The van der Waals surface area contributed by atoms with E-state index in [1.807, 2.05) is 20.8 Å². The molecule has 0 aliphatic carbocycles. The highest BCUT2D eigenvalue weighted by molar-refractivity contribution is 6.39. The van der Waals surface area contributed by atoms with Crippen LogP contribution in [0.1, 0.15) is 45.2 Å². The van der Waals surface area contributed by atoms with E-state index in [1.54, 1.807) is 23.1 Å². The number of fused-ring (bicyclic) bond motifs is 3. The number of halogens is 2. The van der Waals surface area contributed by atoms with Gasteiger partial charge in [-0.15, -0.1) is 0 Å². The van der Waals surface area contributed by atoms with Gasteiger partial charge in [0, 0.05) is 35.8 Å². The number of likely N-dealkylation sites (tertiary alicyclic amines) is 1. The molecule has 0 atom stereocenters. The molecule has 1 aliphatic rings. The maximum absolute atomic E-state index is 12.7. The van der Waals surface area contributed by atoms with Crippen molar-refractivity contribution in [3.8, 4) is 0 Å². The first kappa shape index (κ1) is 20.0. The average Bonchev–Trinajstić information content (AvgIpc) is 2.99. The maximum atomic E-state index is 12.7. The van der Waals surface area contributed by atoms with Crippen molar-refractivity contribution in [1.29, 1.82) is 0 Å². The number of hydrogen-bond acceptors (Lipinski definition) is 4. The van der Waals surface area contributed by atoms with Gasteiger partial charge in [-0.2, -0.15) is 9.61 Å². The normalized spacial score (nSPS) is 16.0. The van der Waals surface area contributed by atoms with E-state index in [4.69, 9.17) is 27.9 Å². The Morgan fingerprint density at radius 2 is 1.90 bits per heavy atom. The Morgan fingerprint density at radius 3 is 2.55 bits per heavy atom. The maximum Gasteiger partial charge on any atom is 0.410 e. The predicted octanol–water partition coefficient (Wildman–Crippen LogP) is 4.60. The fourth-order valence-corrected chi connectivity index (χ4v) is 4.27. The van der Waals surface area contributed by atoms with E-state index in [0.717, 1.165) is 18.5 Å². The number of benzene rings is 1. The Balaban J connectivity index is 1.62. The summed E-state index contributed by atoms with van der Waals surface area (Å²) in [5.41, 5.74) is 1.19. The van der Waals surface area contributed by atoms with Crippen LogP contribution in [0.25, 0.3) is 16.6 Å². The molecule has 0 bridgehead atoms. The third-order valence-electron chi connectivity index (χ3n) is 5.03. The number of piperidine rings is 1. The van der Waals surface area contributed by atoms with Crippen molar-refractivity contribution in [3.63, 3.8) is 0 Å². The molecule has 1 fully saturated rings. The second-order valence-electron chi connectivity index (χ2n) is 8.35. The Bertz CT molecular complexity index is 1150. The molecule has 154 valence electrons. The van der Waals surface area contributed by atoms with Crippen molar-refractivity contribution >= 4 is 45.8 Å². The monoisotopic (exact) mass is 436 g/mol. The van der Waals surface area contributed by atoms with E-state index in [2.05, 4.69) is 10.1 Å². The van der Waals surface area contributed by atoms with Crippen LogP contribution in [0.2, 0.25) is 10.0 Å². The van der Waals surface area contributed by atoms with Crippen molar-refractivity contribution < 1.29 is 9.53 Å². The number of ether oxygens (including phenoxy) is 1. The third-order valence-corrected chi connectivity index (χ3v) is 5.54. The van der Waals surface area contributed by atoms with E-state index in [0.29, 0.717) is 39.7 Å². The summed E-state index contributed by atoms with van der Waals surface area (Å²) in [5, 5.41) is 5.90. The molecule has 2 aromatic heterocycles. The van der Waals surface area contributed by atoms with Gasteiger partial charge in [-0.25, -0.2) is 4.79 Å². The summed E-state index contributed by atoms with van der Waals surface area (Å²) in [6.45, 7) is 6.70. The van der Waals surface area contributed by atoms with Crippen LogP contribution in [0.15, 0.2) is 23.0 Å². The number of nitrogens with zero attached hydrogens (tertiary/aromatic N) is 3. The lowest BCUT2D eigenvalue weighted by molar-refractivity contribution is 0.0204. The number of aromatic nitrogens is 3. The average molecular weight is 437 g/mol. The third kappa shape index (κ3) is 3.94. The fraction of sp³-hybridized carbons (Fsp3) is 0.450. The van der Waals surface area contributed by atoms with Gasteiger partial charge >= 0.3 is 6.09 Å². The molecular formula is C20H22Cl2N4O3. The van der Waals surface area contributed by atoms with Gasteiger partial charge in [-0.05, 0) is 45.7 Å². The standard InChI is InChI=1S/C20H22Cl2N4O3/c1-20(2,3)29-19(28)25-6-4-11(5-7-25)14-10-16(27)26-18(23-14)17-13(22)8-12(21)9-15(17)24-26/h8-11,23H,4-7H2,1-3H3. The minimum Gasteiger partial charge on any atom is -0.444 e. The van der Waals surface area contributed by atoms with Crippen molar-refractivity contribution in [1.82, 2.24) is 19.5 Å². The molecule has 7 nitrogen and oxygen atoms in total. The Kier molecular flexibility index (Phi) is 4.99. The minimum atomic E-state index is -0.518. The summed E-state index contributed by atoms with van der Waals surface area (Å²) in [6.07, 6.45) is 1.17. The van der Waals surface area contributed by atoms with Crippen LogP contribution >= 0.6 is 23.2 Å². The number of amides is 1. The highest BCUT2D eigenvalue weighted by atomic mass is 35.5. The Morgan fingerprint density at radius 1 is 1.21 bits per heavy atom. The fourth-order valence-electron chi connectivity index (χ4n) is 3.70. The number of H-pyrrole nitrogens is 1. The van der Waals surface area contributed by atoms with Crippen LogP contribution in [-0.2, 0) is 4.74 Å². The van der Waals surface area contributed by atoms with E-state index >= 15 is 0 Å². The second kappa shape index (κ2) is 7.22. The van der Waals surface area contributed by atoms with E-state index < -0.39 is 5.60 Å². The summed E-state index contributed by atoms with van der Waals surface area (Å²) < 4.78 is 6.76. The highest BCUT2D eigenvalue weighted by Crippen LogP contribution is 2.32. The lowest BCUT2D eigenvalue weighted by atomic mass is 9.93. The van der Waals surface area contributed by atoms with Crippen molar-refractivity contribution in [3.05, 3.63) is 44.3 Å². The number of rotatable bonds is 1. The zero-order valence-electron chi connectivity index (χ0n) is 16.5. The van der Waals surface area contributed by atoms with Crippen LogP contribution in [-0.4, -0.2) is 44.3 Å². The lowest BCUT2D eigenvalue weighted by Crippen LogP contribution is -2.41. The number of nitrogens with one attached hydrogen (secondary N) is 1. The van der Waals surface area contributed by atoms with Gasteiger partial charge < -0.3 is 14.6 Å². The summed E-state index contributed by atoms with van der Waals surface area (Å²) in [7, 11) is 0. The molecule has 1 N–H and O–H groups in total.